The minimum atomic E-state index is -2.21. The molecule has 7 rings (SSSR count). The smallest absolute Gasteiger partial charge is 0.203 e. The molecular weight excluding hydrogens is 488 g/mol. The van der Waals surface area contributed by atoms with Crippen molar-refractivity contribution in [2.75, 3.05) is 13.2 Å². The van der Waals surface area contributed by atoms with E-state index in [0.29, 0.717) is 31.3 Å². The Morgan fingerprint density at radius 1 is 0.973 bits per heavy atom. The number of aliphatic hydroxyl groups is 8. The van der Waals surface area contributed by atoms with Crippen molar-refractivity contribution in [3.63, 3.8) is 0 Å². The predicted molar refractivity (Wildman–Crippen MR) is 124 cm³/mol. The Hall–Kier alpha value is -0.700. The largest absolute Gasteiger partial charge is 0.394 e. The van der Waals surface area contributed by atoms with Crippen LogP contribution in [0.4, 0.5) is 0 Å². The van der Waals surface area contributed by atoms with E-state index in [1.54, 1.807) is 0 Å². The fourth-order valence-electron chi connectivity index (χ4n) is 9.67. The van der Waals surface area contributed by atoms with E-state index in [0.717, 1.165) is 0 Å². The molecule has 2 unspecified atom stereocenters. The van der Waals surface area contributed by atoms with Crippen LogP contribution in [-0.4, -0.2) is 115 Å². The van der Waals surface area contributed by atoms with Gasteiger partial charge < -0.3 is 55.1 Å². The average molecular weight is 529 g/mol. The lowest BCUT2D eigenvalue weighted by molar-refractivity contribution is -0.482. The van der Waals surface area contributed by atoms with Gasteiger partial charge in [0.25, 0.3) is 0 Å². The Morgan fingerprint density at radius 2 is 1.68 bits per heavy atom. The van der Waals surface area contributed by atoms with Crippen LogP contribution in [0.25, 0.3) is 0 Å². The summed E-state index contributed by atoms with van der Waals surface area (Å²) in [6.07, 6.45) is -9.86. The van der Waals surface area contributed by atoms with Crippen LogP contribution in [0.2, 0.25) is 0 Å². The maximum Gasteiger partial charge on any atom is 0.203 e. The van der Waals surface area contributed by atoms with Gasteiger partial charge in [0.1, 0.15) is 30.5 Å². The summed E-state index contributed by atoms with van der Waals surface area (Å²) in [7, 11) is 0. The van der Waals surface area contributed by atoms with Crippen molar-refractivity contribution in [3.05, 3.63) is 12.2 Å². The average Bonchev–Trinajstić information content (AvgIpc) is 2.95. The van der Waals surface area contributed by atoms with Gasteiger partial charge in [0.05, 0.1) is 36.9 Å². The van der Waals surface area contributed by atoms with E-state index in [9.17, 15) is 40.9 Å². The minimum Gasteiger partial charge on any atom is -0.394 e. The van der Waals surface area contributed by atoms with Gasteiger partial charge in [-0.3, -0.25) is 0 Å². The summed E-state index contributed by atoms with van der Waals surface area (Å²) in [6, 6.07) is 0. The maximum absolute atomic E-state index is 12.0. The molecule has 4 aliphatic carbocycles. The van der Waals surface area contributed by atoms with Crippen LogP contribution < -0.4 is 0 Å². The first-order valence-corrected chi connectivity index (χ1v) is 13.4. The van der Waals surface area contributed by atoms with Crippen LogP contribution in [-0.2, 0) is 14.2 Å². The first-order valence-electron chi connectivity index (χ1n) is 13.4. The zero-order chi connectivity index (χ0) is 26.9. The number of hydrogen-bond acceptors (Lipinski definition) is 11. The topological polar surface area (TPSA) is 190 Å². The quantitative estimate of drug-likeness (QED) is 0.189. The monoisotopic (exact) mass is 528 g/mol. The van der Waals surface area contributed by atoms with E-state index in [-0.39, 0.29) is 6.61 Å². The third-order valence-corrected chi connectivity index (χ3v) is 11.2. The fraction of sp³-hybridized carbons (Fsp3) is 0.923. The molecule has 3 heterocycles. The highest BCUT2D eigenvalue weighted by atomic mass is 16.7. The summed E-state index contributed by atoms with van der Waals surface area (Å²) >= 11 is 0. The van der Waals surface area contributed by atoms with E-state index in [1.807, 2.05) is 13.8 Å². The first-order chi connectivity index (χ1) is 17.3. The summed E-state index contributed by atoms with van der Waals surface area (Å²) in [5.74, 6) is -3.73. The number of rotatable bonds is 3. The van der Waals surface area contributed by atoms with Crippen molar-refractivity contribution in [1.82, 2.24) is 0 Å². The summed E-state index contributed by atoms with van der Waals surface area (Å²) in [6.45, 7) is 7.43. The standard InChI is InChI=1S/C26H40O11/c1-10-11-4-5-13-24-9-35-26(34,25(13,19(10)31)20(11)32)21(33)18(24)23(2,3)7-6-14(24)37-22-17(30)16(29)15(28)12(8-27)36-22/h11-22,27-34H,1,4-9H2,2-3H3/t11-,12+,13-,14-,15+,16-,17+,18+,19?,20+,21-,22-,24+,25-,26?/m0/s1. The molecule has 0 aromatic carbocycles. The van der Waals surface area contributed by atoms with Crippen molar-refractivity contribution >= 4 is 0 Å². The van der Waals surface area contributed by atoms with Gasteiger partial charge in [-0.15, -0.1) is 0 Å². The van der Waals surface area contributed by atoms with Crippen molar-refractivity contribution in [2.45, 2.75) is 100 Å². The van der Waals surface area contributed by atoms with Crippen LogP contribution in [0.15, 0.2) is 12.2 Å². The number of hydrogen-bond donors (Lipinski definition) is 8. The molecule has 37 heavy (non-hydrogen) atoms. The highest BCUT2D eigenvalue weighted by Gasteiger charge is 2.86. The van der Waals surface area contributed by atoms with Crippen LogP contribution in [0, 0.1) is 34.0 Å². The zero-order valence-electron chi connectivity index (χ0n) is 21.2. The molecule has 7 aliphatic rings. The first kappa shape index (κ1) is 26.5. The zero-order valence-corrected chi connectivity index (χ0v) is 21.2. The van der Waals surface area contributed by atoms with Gasteiger partial charge in [-0.1, -0.05) is 20.4 Å². The van der Waals surface area contributed by atoms with Crippen LogP contribution in [0.1, 0.15) is 39.5 Å². The molecule has 11 nitrogen and oxygen atoms in total. The molecule has 210 valence electrons. The van der Waals surface area contributed by atoms with Gasteiger partial charge in [-0.25, -0.2) is 0 Å². The lowest BCUT2D eigenvalue weighted by Crippen LogP contribution is -2.86. The Balaban J connectivity index is 1.47. The van der Waals surface area contributed by atoms with E-state index in [4.69, 9.17) is 14.2 Å². The maximum atomic E-state index is 12.0. The molecule has 0 amide bonds. The Kier molecular flexibility index (Phi) is 5.86. The van der Waals surface area contributed by atoms with Crippen LogP contribution in [0.3, 0.4) is 0 Å². The molecule has 4 saturated carbocycles. The molecule has 4 bridgehead atoms. The van der Waals surface area contributed by atoms with Crippen LogP contribution >= 0.6 is 0 Å². The Labute approximate surface area is 215 Å². The molecule has 0 aromatic heterocycles. The molecular formula is C26H40O11. The molecule has 8 N–H and O–H groups in total. The molecule has 3 aliphatic heterocycles. The van der Waals surface area contributed by atoms with E-state index < -0.39 is 102 Å². The molecule has 7 fully saturated rings. The Bertz CT molecular complexity index is 957. The minimum absolute atomic E-state index is 0.0141. The second-order valence-corrected chi connectivity index (χ2v) is 13.0. The molecule has 0 radical (unpaired) electrons. The second kappa shape index (κ2) is 8.17. The Morgan fingerprint density at radius 3 is 2.35 bits per heavy atom. The summed E-state index contributed by atoms with van der Waals surface area (Å²) in [5, 5.41) is 87.9. The van der Waals surface area contributed by atoms with Crippen molar-refractivity contribution in [1.29, 1.82) is 0 Å². The van der Waals surface area contributed by atoms with Gasteiger partial charge in [0.2, 0.25) is 5.79 Å². The summed E-state index contributed by atoms with van der Waals surface area (Å²) in [5.41, 5.74) is -2.68. The van der Waals surface area contributed by atoms with Gasteiger partial charge in [-0.2, -0.15) is 0 Å². The second-order valence-electron chi connectivity index (χ2n) is 13.0. The number of ether oxygens (including phenoxy) is 3. The van der Waals surface area contributed by atoms with Gasteiger partial charge in [0, 0.05) is 17.3 Å². The third kappa shape index (κ3) is 2.89. The van der Waals surface area contributed by atoms with E-state index in [2.05, 4.69) is 6.58 Å². The van der Waals surface area contributed by atoms with Gasteiger partial charge in [0.15, 0.2) is 6.29 Å². The fourth-order valence-corrected chi connectivity index (χ4v) is 9.67. The van der Waals surface area contributed by atoms with Crippen molar-refractivity contribution in [3.8, 4) is 0 Å². The molecule has 15 atom stereocenters. The lowest BCUT2D eigenvalue weighted by atomic mass is 9.35. The molecule has 11 heteroatoms. The van der Waals surface area contributed by atoms with Crippen LogP contribution in [0.5, 0.6) is 0 Å². The molecule has 2 spiro atoms. The lowest BCUT2D eigenvalue weighted by Gasteiger charge is -2.76. The molecule has 0 aromatic rings. The molecule has 3 saturated heterocycles. The normalized spacial score (nSPS) is 60.2. The summed E-state index contributed by atoms with van der Waals surface area (Å²) in [4.78, 5) is 0. The highest BCUT2D eigenvalue weighted by Crippen LogP contribution is 2.77. The predicted octanol–water partition coefficient (Wildman–Crippen LogP) is -2.01. The number of fused-ring (bicyclic) bond motifs is 2. The van der Waals surface area contributed by atoms with Gasteiger partial charge in [-0.05, 0) is 42.6 Å². The van der Waals surface area contributed by atoms with Gasteiger partial charge >= 0.3 is 0 Å². The van der Waals surface area contributed by atoms with E-state index >= 15 is 0 Å². The van der Waals surface area contributed by atoms with E-state index in [1.165, 1.54) is 0 Å². The van der Waals surface area contributed by atoms with Crippen molar-refractivity contribution in [2.24, 2.45) is 34.0 Å². The third-order valence-electron chi connectivity index (χ3n) is 11.2. The SMILES string of the molecule is C=C1C(O)[C@]23[C@H](O)[C@H]1CC[C@H]2[C@@]12COC3(O)[C@@H](O)[C@@H]1C(C)(C)CC[C@@H]2O[C@@H]1O[C@H](CO)[C@@H](O)[C@H](O)[C@H]1O. The highest BCUT2D eigenvalue weighted by molar-refractivity contribution is 5.38. The number of aliphatic hydroxyl groups excluding tert-OH is 7. The van der Waals surface area contributed by atoms with Crippen molar-refractivity contribution < 1.29 is 55.1 Å². The summed E-state index contributed by atoms with van der Waals surface area (Å²) < 4.78 is 18.1.